The molecule has 0 saturated heterocycles. The summed E-state index contributed by atoms with van der Waals surface area (Å²) in [5.41, 5.74) is 2.10. The molecule has 122 valence electrons. The Kier molecular flexibility index (Phi) is 4.10. The SMILES string of the molecule is CCNS(=O)(=O)Nc1ccc2c(c1)N(C(=O)c1ccco1)CC2. The van der Waals surface area contributed by atoms with Crippen molar-refractivity contribution in [1.29, 1.82) is 0 Å². The molecule has 1 aliphatic rings. The van der Waals surface area contributed by atoms with E-state index in [9.17, 15) is 13.2 Å². The van der Waals surface area contributed by atoms with Crippen LogP contribution in [0.5, 0.6) is 0 Å². The molecule has 0 atom stereocenters. The molecule has 2 aromatic rings. The van der Waals surface area contributed by atoms with Crippen LogP contribution in [0.3, 0.4) is 0 Å². The van der Waals surface area contributed by atoms with E-state index in [0.29, 0.717) is 24.5 Å². The van der Waals surface area contributed by atoms with Crippen LogP contribution in [0, 0.1) is 0 Å². The van der Waals surface area contributed by atoms with Crippen LogP contribution in [0.25, 0.3) is 0 Å². The zero-order valence-electron chi connectivity index (χ0n) is 12.6. The number of benzene rings is 1. The van der Waals surface area contributed by atoms with Gasteiger partial charge < -0.3 is 9.32 Å². The lowest BCUT2D eigenvalue weighted by molar-refractivity contribution is 0.0963. The number of hydrogen-bond acceptors (Lipinski definition) is 4. The maximum absolute atomic E-state index is 12.5. The van der Waals surface area contributed by atoms with Crippen LogP contribution < -0.4 is 14.3 Å². The fourth-order valence-corrected chi connectivity index (χ4v) is 3.46. The highest BCUT2D eigenvalue weighted by atomic mass is 32.2. The van der Waals surface area contributed by atoms with E-state index in [1.165, 1.54) is 6.26 Å². The van der Waals surface area contributed by atoms with Gasteiger partial charge in [0, 0.05) is 18.8 Å². The van der Waals surface area contributed by atoms with Gasteiger partial charge in [-0.1, -0.05) is 13.0 Å². The quantitative estimate of drug-likeness (QED) is 0.871. The highest BCUT2D eigenvalue weighted by Gasteiger charge is 2.27. The molecule has 0 spiro atoms. The number of nitrogens with one attached hydrogen (secondary N) is 2. The van der Waals surface area contributed by atoms with E-state index in [1.807, 2.05) is 6.07 Å². The summed E-state index contributed by atoms with van der Waals surface area (Å²) in [6, 6.07) is 8.45. The molecule has 2 heterocycles. The molecule has 1 aliphatic heterocycles. The molecule has 0 fully saturated rings. The highest BCUT2D eigenvalue weighted by molar-refractivity contribution is 7.90. The first-order chi connectivity index (χ1) is 11.0. The summed E-state index contributed by atoms with van der Waals surface area (Å²) >= 11 is 0. The van der Waals surface area contributed by atoms with Crippen LogP contribution in [-0.2, 0) is 16.6 Å². The second-order valence-electron chi connectivity index (χ2n) is 5.13. The topological polar surface area (TPSA) is 91.7 Å². The molecule has 1 aromatic carbocycles. The molecule has 0 bridgehead atoms. The van der Waals surface area contributed by atoms with E-state index in [4.69, 9.17) is 4.42 Å². The number of anilines is 2. The van der Waals surface area contributed by atoms with Crippen molar-refractivity contribution in [3.05, 3.63) is 47.9 Å². The van der Waals surface area contributed by atoms with E-state index >= 15 is 0 Å². The number of carbonyl (C=O) groups excluding carboxylic acids is 1. The van der Waals surface area contributed by atoms with Gasteiger partial charge in [0.25, 0.3) is 16.1 Å². The van der Waals surface area contributed by atoms with Crippen LogP contribution in [0.15, 0.2) is 41.0 Å². The number of hydrogen-bond donors (Lipinski definition) is 2. The third-order valence-electron chi connectivity index (χ3n) is 3.54. The summed E-state index contributed by atoms with van der Waals surface area (Å²) in [4.78, 5) is 14.0. The largest absolute Gasteiger partial charge is 0.459 e. The van der Waals surface area contributed by atoms with Crippen molar-refractivity contribution in [1.82, 2.24) is 4.72 Å². The van der Waals surface area contributed by atoms with Gasteiger partial charge in [-0.2, -0.15) is 13.1 Å². The Bertz CT molecular complexity index is 815. The van der Waals surface area contributed by atoms with Crippen molar-refractivity contribution in [2.45, 2.75) is 13.3 Å². The number of amides is 1. The van der Waals surface area contributed by atoms with Crippen molar-refractivity contribution < 1.29 is 17.6 Å². The van der Waals surface area contributed by atoms with Crippen LogP contribution in [0.4, 0.5) is 11.4 Å². The summed E-state index contributed by atoms with van der Waals surface area (Å²) in [6.45, 7) is 2.54. The first kappa shape index (κ1) is 15.6. The zero-order chi connectivity index (χ0) is 16.4. The Labute approximate surface area is 134 Å². The molecular weight excluding hydrogens is 318 g/mol. The first-order valence-electron chi connectivity index (χ1n) is 7.26. The van der Waals surface area contributed by atoms with Gasteiger partial charge in [-0.3, -0.25) is 9.52 Å². The molecule has 1 aromatic heterocycles. The van der Waals surface area contributed by atoms with Crippen LogP contribution in [0.1, 0.15) is 23.0 Å². The van der Waals surface area contributed by atoms with Crippen molar-refractivity contribution in [2.24, 2.45) is 0 Å². The number of rotatable bonds is 5. The molecule has 1 amide bonds. The second-order valence-corrected chi connectivity index (χ2v) is 6.63. The average molecular weight is 335 g/mol. The summed E-state index contributed by atoms with van der Waals surface area (Å²) in [6.07, 6.45) is 2.17. The Morgan fingerprint density at radius 1 is 1.35 bits per heavy atom. The molecule has 0 aliphatic carbocycles. The Balaban J connectivity index is 1.87. The van der Waals surface area contributed by atoms with Crippen molar-refractivity contribution in [3.8, 4) is 0 Å². The third-order valence-corrected chi connectivity index (χ3v) is 4.72. The Hall–Kier alpha value is -2.32. The van der Waals surface area contributed by atoms with E-state index in [-0.39, 0.29) is 11.7 Å². The van der Waals surface area contributed by atoms with Gasteiger partial charge in [0.2, 0.25) is 0 Å². The lowest BCUT2D eigenvalue weighted by Gasteiger charge is -2.17. The number of carbonyl (C=O) groups is 1. The van der Waals surface area contributed by atoms with E-state index in [1.54, 1.807) is 36.1 Å². The second kappa shape index (κ2) is 6.05. The minimum Gasteiger partial charge on any atom is -0.459 e. The maximum Gasteiger partial charge on any atom is 0.299 e. The van der Waals surface area contributed by atoms with E-state index in [2.05, 4.69) is 9.44 Å². The first-order valence-corrected chi connectivity index (χ1v) is 8.74. The van der Waals surface area contributed by atoms with Crippen molar-refractivity contribution in [3.63, 3.8) is 0 Å². The standard InChI is InChI=1S/C15H17N3O4S/c1-2-16-23(20,21)17-12-6-5-11-7-8-18(13(11)10-12)15(19)14-4-3-9-22-14/h3-6,9-10,16-17H,2,7-8H2,1H3. The number of nitrogens with zero attached hydrogens (tertiary/aromatic N) is 1. The lowest BCUT2D eigenvalue weighted by Crippen LogP contribution is -2.30. The van der Waals surface area contributed by atoms with Crippen LogP contribution in [-0.4, -0.2) is 27.4 Å². The monoisotopic (exact) mass is 335 g/mol. The molecule has 8 heteroatoms. The summed E-state index contributed by atoms with van der Waals surface area (Å²) in [5, 5.41) is 0. The molecule has 2 N–H and O–H groups in total. The van der Waals surface area contributed by atoms with E-state index < -0.39 is 10.2 Å². The van der Waals surface area contributed by atoms with Crippen molar-refractivity contribution >= 4 is 27.5 Å². The maximum atomic E-state index is 12.5. The lowest BCUT2D eigenvalue weighted by atomic mass is 10.1. The van der Waals surface area contributed by atoms with Crippen LogP contribution in [0.2, 0.25) is 0 Å². The predicted octanol–water partition coefficient (Wildman–Crippen LogP) is 1.75. The van der Waals surface area contributed by atoms with Gasteiger partial charge in [0.1, 0.15) is 0 Å². The van der Waals surface area contributed by atoms with Crippen LogP contribution >= 0.6 is 0 Å². The summed E-state index contributed by atoms with van der Waals surface area (Å²) in [7, 11) is -3.61. The third kappa shape index (κ3) is 3.22. The average Bonchev–Trinajstić information content (AvgIpc) is 3.15. The molecule has 3 rings (SSSR count). The summed E-state index contributed by atoms with van der Waals surface area (Å²) in [5.74, 6) is 0.0249. The zero-order valence-corrected chi connectivity index (χ0v) is 13.4. The summed E-state index contributed by atoms with van der Waals surface area (Å²) < 4.78 is 33.5. The highest BCUT2D eigenvalue weighted by Crippen LogP contribution is 2.32. The normalized spacial score (nSPS) is 13.9. The smallest absolute Gasteiger partial charge is 0.299 e. The Morgan fingerprint density at radius 2 is 2.17 bits per heavy atom. The minimum absolute atomic E-state index is 0.236. The minimum atomic E-state index is -3.61. The van der Waals surface area contributed by atoms with Gasteiger partial charge in [-0.05, 0) is 36.2 Å². The van der Waals surface area contributed by atoms with Gasteiger partial charge in [-0.15, -0.1) is 0 Å². The number of furan rings is 1. The van der Waals surface area contributed by atoms with Crippen molar-refractivity contribution in [2.75, 3.05) is 22.7 Å². The molecule has 7 nitrogen and oxygen atoms in total. The van der Waals surface area contributed by atoms with Gasteiger partial charge in [0.05, 0.1) is 12.0 Å². The number of fused-ring (bicyclic) bond motifs is 1. The molecule has 0 unspecified atom stereocenters. The van der Waals surface area contributed by atoms with Gasteiger partial charge >= 0.3 is 0 Å². The fraction of sp³-hybridized carbons (Fsp3) is 0.267. The fourth-order valence-electron chi connectivity index (χ4n) is 2.57. The molecule has 0 radical (unpaired) electrons. The Morgan fingerprint density at radius 3 is 2.87 bits per heavy atom. The predicted molar refractivity (Wildman–Crippen MR) is 86.7 cm³/mol. The van der Waals surface area contributed by atoms with Gasteiger partial charge in [-0.25, -0.2) is 0 Å². The van der Waals surface area contributed by atoms with Gasteiger partial charge in [0.15, 0.2) is 5.76 Å². The molecule has 0 saturated carbocycles. The molecule has 23 heavy (non-hydrogen) atoms. The molecular formula is C15H17N3O4S. The van der Waals surface area contributed by atoms with E-state index in [0.717, 1.165) is 12.0 Å².